The molecule has 1 amide bonds. The smallest absolute Gasteiger partial charge is 0.246 e. The van der Waals surface area contributed by atoms with Crippen molar-refractivity contribution < 1.29 is 22.0 Å². The number of carbonyl (C=O) groups is 1. The summed E-state index contributed by atoms with van der Waals surface area (Å²) in [5, 5.41) is 0. The highest BCUT2D eigenvalue weighted by Crippen LogP contribution is 2.24. The monoisotopic (exact) mass is 319 g/mol. The molecule has 21 heavy (non-hydrogen) atoms. The number of nitrogens with two attached hydrogens (primary N) is 1. The first-order chi connectivity index (χ1) is 9.73. The molecule has 1 aromatic carbocycles. The number of benzene rings is 1. The maximum Gasteiger partial charge on any atom is 0.246 e. The summed E-state index contributed by atoms with van der Waals surface area (Å²) in [6, 6.07) is 1.23. The zero-order valence-electron chi connectivity index (χ0n) is 11.3. The minimum Gasteiger partial charge on any atom is -0.396 e. The van der Waals surface area contributed by atoms with Crippen molar-refractivity contribution in [1.82, 2.24) is 9.21 Å². The van der Waals surface area contributed by atoms with Crippen LogP contribution in [0.1, 0.15) is 6.92 Å². The number of amides is 1. The van der Waals surface area contributed by atoms with Crippen molar-refractivity contribution in [3.63, 3.8) is 0 Å². The Morgan fingerprint density at radius 1 is 1.14 bits per heavy atom. The fourth-order valence-electron chi connectivity index (χ4n) is 2.12. The molecule has 1 aliphatic rings. The summed E-state index contributed by atoms with van der Waals surface area (Å²) >= 11 is 0. The first kappa shape index (κ1) is 15.6. The Morgan fingerprint density at radius 2 is 1.71 bits per heavy atom. The van der Waals surface area contributed by atoms with Crippen LogP contribution in [0.2, 0.25) is 0 Å². The molecule has 1 fully saturated rings. The van der Waals surface area contributed by atoms with E-state index in [2.05, 4.69) is 0 Å². The molecule has 9 heteroatoms. The van der Waals surface area contributed by atoms with Gasteiger partial charge in [0.05, 0.1) is 5.69 Å². The van der Waals surface area contributed by atoms with Crippen molar-refractivity contribution in [2.75, 3.05) is 31.9 Å². The molecule has 1 heterocycles. The van der Waals surface area contributed by atoms with Gasteiger partial charge in [-0.1, -0.05) is 0 Å². The van der Waals surface area contributed by atoms with Gasteiger partial charge in [-0.25, -0.2) is 17.2 Å². The summed E-state index contributed by atoms with van der Waals surface area (Å²) in [6.45, 7) is 1.96. The van der Waals surface area contributed by atoms with Crippen molar-refractivity contribution in [2.24, 2.45) is 0 Å². The van der Waals surface area contributed by atoms with Crippen molar-refractivity contribution in [1.29, 1.82) is 0 Å². The highest BCUT2D eigenvalue weighted by Gasteiger charge is 2.31. The molecule has 0 bridgehead atoms. The highest BCUT2D eigenvalue weighted by atomic mass is 32.2. The highest BCUT2D eigenvalue weighted by molar-refractivity contribution is 7.89. The van der Waals surface area contributed by atoms with E-state index in [-0.39, 0.29) is 32.1 Å². The fraction of sp³-hybridized carbons (Fsp3) is 0.417. The van der Waals surface area contributed by atoms with Crippen LogP contribution < -0.4 is 5.73 Å². The molecule has 0 unspecified atom stereocenters. The Labute approximate surface area is 121 Å². The Kier molecular flexibility index (Phi) is 4.15. The Hall–Kier alpha value is -1.74. The third-order valence-electron chi connectivity index (χ3n) is 3.35. The van der Waals surface area contributed by atoms with Gasteiger partial charge in [-0.3, -0.25) is 4.79 Å². The topological polar surface area (TPSA) is 83.7 Å². The van der Waals surface area contributed by atoms with E-state index >= 15 is 0 Å². The van der Waals surface area contributed by atoms with Crippen LogP contribution in [-0.4, -0.2) is 49.7 Å². The van der Waals surface area contributed by atoms with Gasteiger partial charge in [-0.15, -0.1) is 0 Å². The number of nitrogens with zero attached hydrogens (tertiary/aromatic N) is 2. The summed E-state index contributed by atoms with van der Waals surface area (Å²) in [5.41, 5.74) is 4.87. The van der Waals surface area contributed by atoms with Crippen LogP contribution in [-0.2, 0) is 14.8 Å². The molecule has 116 valence electrons. The summed E-state index contributed by atoms with van der Waals surface area (Å²) in [7, 11) is -4.11. The number of piperazine rings is 1. The number of nitrogen functional groups attached to an aromatic ring is 1. The molecule has 2 N–H and O–H groups in total. The number of hydrogen-bond acceptors (Lipinski definition) is 4. The maximum atomic E-state index is 13.7. The quantitative estimate of drug-likeness (QED) is 0.800. The van der Waals surface area contributed by atoms with E-state index in [4.69, 9.17) is 5.73 Å². The van der Waals surface area contributed by atoms with E-state index in [1.165, 1.54) is 11.8 Å². The van der Waals surface area contributed by atoms with Crippen LogP contribution in [0.5, 0.6) is 0 Å². The average molecular weight is 319 g/mol. The van der Waals surface area contributed by atoms with Gasteiger partial charge in [-0.2, -0.15) is 4.31 Å². The van der Waals surface area contributed by atoms with Crippen molar-refractivity contribution >= 4 is 21.6 Å². The lowest BCUT2D eigenvalue weighted by Gasteiger charge is -2.33. The minimum atomic E-state index is -4.11. The lowest BCUT2D eigenvalue weighted by molar-refractivity contribution is -0.129. The normalized spacial score (nSPS) is 17.0. The predicted octanol–water partition coefficient (Wildman–Crippen LogP) is 0.400. The molecule has 0 atom stereocenters. The van der Waals surface area contributed by atoms with E-state index in [1.54, 1.807) is 0 Å². The van der Waals surface area contributed by atoms with Crippen LogP contribution >= 0.6 is 0 Å². The summed E-state index contributed by atoms with van der Waals surface area (Å²) in [6.07, 6.45) is 0. The van der Waals surface area contributed by atoms with E-state index < -0.39 is 32.2 Å². The first-order valence-electron chi connectivity index (χ1n) is 6.23. The van der Waals surface area contributed by atoms with Crippen LogP contribution in [0.3, 0.4) is 0 Å². The molecule has 6 nitrogen and oxygen atoms in total. The van der Waals surface area contributed by atoms with Crippen LogP contribution in [0.4, 0.5) is 14.5 Å². The Bertz CT molecular complexity index is 671. The molecular formula is C12H15F2N3O3S. The van der Waals surface area contributed by atoms with Gasteiger partial charge in [0.1, 0.15) is 16.5 Å². The van der Waals surface area contributed by atoms with Crippen LogP contribution in [0.15, 0.2) is 17.0 Å². The lowest BCUT2D eigenvalue weighted by atomic mass is 10.3. The van der Waals surface area contributed by atoms with E-state index in [9.17, 15) is 22.0 Å². The fourth-order valence-corrected chi connectivity index (χ4v) is 3.63. The third-order valence-corrected chi connectivity index (χ3v) is 5.27. The van der Waals surface area contributed by atoms with Gasteiger partial charge in [0.2, 0.25) is 15.9 Å². The number of hydrogen-bond donors (Lipinski definition) is 1. The third kappa shape index (κ3) is 2.98. The molecule has 0 aliphatic carbocycles. The average Bonchev–Trinajstić information content (AvgIpc) is 2.42. The number of anilines is 1. The molecule has 0 spiro atoms. The van der Waals surface area contributed by atoms with E-state index in [1.807, 2.05) is 0 Å². The second-order valence-corrected chi connectivity index (χ2v) is 6.62. The number of sulfonamides is 1. The Balaban J connectivity index is 2.28. The van der Waals surface area contributed by atoms with Crippen LogP contribution in [0.25, 0.3) is 0 Å². The maximum absolute atomic E-state index is 13.7. The summed E-state index contributed by atoms with van der Waals surface area (Å²) < 4.78 is 52.6. The molecular weight excluding hydrogens is 304 g/mol. The first-order valence-corrected chi connectivity index (χ1v) is 7.67. The zero-order valence-corrected chi connectivity index (χ0v) is 12.2. The summed E-state index contributed by atoms with van der Waals surface area (Å²) in [5.74, 6) is -2.34. The van der Waals surface area contributed by atoms with Crippen LogP contribution in [0, 0.1) is 11.6 Å². The molecule has 2 rings (SSSR count). The SMILES string of the molecule is CC(=O)N1CCN(S(=O)(=O)c2cc(N)c(F)cc2F)CC1. The molecule has 1 aliphatic heterocycles. The van der Waals surface area contributed by atoms with Gasteiger partial charge in [-0.05, 0) is 6.07 Å². The van der Waals surface area contributed by atoms with Crippen molar-refractivity contribution in [3.05, 3.63) is 23.8 Å². The predicted molar refractivity (Wildman–Crippen MR) is 71.8 cm³/mol. The van der Waals surface area contributed by atoms with Crippen molar-refractivity contribution in [3.8, 4) is 0 Å². The van der Waals surface area contributed by atoms with Crippen molar-refractivity contribution in [2.45, 2.75) is 11.8 Å². The van der Waals surface area contributed by atoms with Gasteiger partial charge >= 0.3 is 0 Å². The molecule has 0 aromatic heterocycles. The van der Waals surface area contributed by atoms with Gasteiger partial charge in [0, 0.05) is 39.2 Å². The van der Waals surface area contributed by atoms with Gasteiger partial charge in [0.25, 0.3) is 0 Å². The molecule has 0 saturated carbocycles. The largest absolute Gasteiger partial charge is 0.396 e. The van der Waals surface area contributed by atoms with E-state index in [0.29, 0.717) is 6.07 Å². The number of halogens is 2. The molecule has 0 radical (unpaired) electrons. The Morgan fingerprint density at radius 3 is 2.24 bits per heavy atom. The molecule has 1 aromatic rings. The standard InChI is InChI=1S/C12H15F2N3O3S/c1-8(18)16-2-4-17(5-3-16)21(19,20)12-7-11(15)9(13)6-10(12)14/h6-7H,2-5,15H2,1H3. The van der Waals surface area contributed by atoms with Gasteiger partial charge in [0.15, 0.2) is 0 Å². The number of carbonyl (C=O) groups excluding carboxylic acids is 1. The number of rotatable bonds is 2. The second-order valence-electron chi connectivity index (χ2n) is 4.71. The van der Waals surface area contributed by atoms with E-state index in [0.717, 1.165) is 10.4 Å². The van der Waals surface area contributed by atoms with Gasteiger partial charge < -0.3 is 10.6 Å². The zero-order chi connectivity index (χ0) is 15.8. The summed E-state index contributed by atoms with van der Waals surface area (Å²) in [4.78, 5) is 12.0. The lowest BCUT2D eigenvalue weighted by Crippen LogP contribution is -2.50. The second kappa shape index (κ2) is 5.57. The molecule has 1 saturated heterocycles. The minimum absolute atomic E-state index is 0.0542.